The molecule has 25 heavy (non-hydrogen) atoms. The number of hydrogen-bond acceptors (Lipinski definition) is 5. The Bertz CT molecular complexity index is 889. The molecule has 0 atom stereocenters. The second kappa shape index (κ2) is 7.72. The Balaban J connectivity index is 1.83. The average molecular weight is 399 g/mol. The third-order valence-corrected chi connectivity index (χ3v) is 3.90. The van der Waals surface area contributed by atoms with Gasteiger partial charge in [0, 0.05) is 6.20 Å². The van der Waals surface area contributed by atoms with E-state index < -0.39 is 0 Å². The zero-order valence-corrected chi connectivity index (χ0v) is 15.0. The van der Waals surface area contributed by atoms with E-state index in [0.717, 1.165) is 5.57 Å². The molecule has 0 bridgehead atoms. The second-order valence-corrected chi connectivity index (χ2v) is 6.01. The van der Waals surface area contributed by atoms with Crippen molar-refractivity contribution in [2.75, 3.05) is 6.54 Å². The predicted octanol–water partition coefficient (Wildman–Crippen LogP) is 1.82. The van der Waals surface area contributed by atoms with Crippen LogP contribution >= 0.6 is 15.9 Å². The van der Waals surface area contributed by atoms with Crippen molar-refractivity contribution >= 4 is 27.5 Å². The van der Waals surface area contributed by atoms with Crippen molar-refractivity contribution in [3.05, 3.63) is 58.6 Å². The highest BCUT2D eigenvalue weighted by Crippen LogP contribution is 2.22. The molecule has 0 spiro atoms. The topological polar surface area (TPSA) is 104 Å². The lowest BCUT2D eigenvalue weighted by Gasteiger charge is -2.21. The Morgan fingerprint density at radius 1 is 1.44 bits per heavy atom. The lowest BCUT2D eigenvalue weighted by molar-refractivity contribution is 0.622. The van der Waals surface area contributed by atoms with Crippen LogP contribution in [0.15, 0.2) is 57.9 Å². The van der Waals surface area contributed by atoms with E-state index in [1.165, 1.54) is 6.33 Å². The SMILES string of the molecule is CC1=CNC(=NCCn2cncn2)N/C1=C(\C#N)c1cccc(Br)n1. The molecule has 2 N–H and O–H groups in total. The molecule has 126 valence electrons. The van der Waals surface area contributed by atoms with Crippen LogP contribution in [0.4, 0.5) is 0 Å². The van der Waals surface area contributed by atoms with Gasteiger partial charge in [-0.05, 0) is 40.6 Å². The molecule has 1 aliphatic heterocycles. The maximum Gasteiger partial charge on any atom is 0.199 e. The van der Waals surface area contributed by atoms with E-state index in [2.05, 4.69) is 52.7 Å². The quantitative estimate of drug-likeness (QED) is 0.601. The summed E-state index contributed by atoms with van der Waals surface area (Å²) in [4.78, 5) is 12.7. The number of nitrogens with one attached hydrogen (secondary N) is 2. The molecule has 1 aliphatic rings. The fourth-order valence-electron chi connectivity index (χ4n) is 2.25. The number of pyridine rings is 1. The van der Waals surface area contributed by atoms with E-state index in [1.54, 1.807) is 17.1 Å². The molecule has 0 aliphatic carbocycles. The third-order valence-electron chi connectivity index (χ3n) is 3.46. The first-order chi connectivity index (χ1) is 12.2. The number of aromatic nitrogens is 4. The lowest BCUT2D eigenvalue weighted by Crippen LogP contribution is -2.39. The molecule has 0 amide bonds. The van der Waals surface area contributed by atoms with Crippen molar-refractivity contribution in [1.82, 2.24) is 30.4 Å². The largest absolute Gasteiger partial charge is 0.332 e. The summed E-state index contributed by atoms with van der Waals surface area (Å²) >= 11 is 3.34. The summed E-state index contributed by atoms with van der Waals surface area (Å²) in [6.45, 7) is 3.06. The zero-order valence-electron chi connectivity index (χ0n) is 13.4. The number of rotatable bonds is 4. The molecule has 0 saturated heterocycles. The van der Waals surface area contributed by atoms with Gasteiger partial charge in [-0.15, -0.1) is 0 Å². The van der Waals surface area contributed by atoms with Crippen LogP contribution in [0.2, 0.25) is 0 Å². The van der Waals surface area contributed by atoms with E-state index in [1.807, 2.05) is 25.3 Å². The molecule has 2 aromatic rings. The zero-order chi connectivity index (χ0) is 17.6. The van der Waals surface area contributed by atoms with Gasteiger partial charge in [0.2, 0.25) is 0 Å². The number of guanidine groups is 1. The summed E-state index contributed by atoms with van der Waals surface area (Å²) in [5.74, 6) is 0.573. The highest BCUT2D eigenvalue weighted by Gasteiger charge is 2.17. The summed E-state index contributed by atoms with van der Waals surface area (Å²) < 4.78 is 2.38. The predicted molar refractivity (Wildman–Crippen MR) is 96.8 cm³/mol. The van der Waals surface area contributed by atoms with Gasteiger partial charge in [-0.25, -0.2) is 9.97 Å². The fraction of sp³-hybridized carbons (Fsp3) is 0.188. The molecule has 9 heteroatoms. The number of nitriles is 1. The Labute approximate surface area is 153 Å². The summed E-state index contributed by atoms with van der Waals surface area (Å²) in [5, 5.41) is 19.9. The number of aliphatic imine (C=N–C) groups is 1. The standard InChI is InChI=1S/C16H15BrN8/c1-11-8-21-16(20-5-6-25-10-19-9-22-25)24-15(11)12(7-18)13-3-2-4-14(17)23-13/h2-4,8-10H,5-6H2,1H3,(H2,20,21,24)/b15-12+. The van der Waals surface area contributed by atoms with E-state index in [9.17, 15) is 5.26 Å². The highest BCUT2D eigenvalue weighted by atomic mass is 79.9. The molecule has 0 aromatic carbocycles. The highest BCUT2D eigenvalue weighted by molar-refractivity contribution is 9.10. The van der Waals surface area contributed by atoms with Gasteiger partial charge in [0.25, 0.3) is 0 Å². The molecule has 0 fully saturated rings. The molecular weight excluding hydrogens is 384 g/mol. The number of hydrogen-bond donors (Lipinski definition) is 2. The molecule has 0 saturated carbocycles. The second-order valence-electron chi connectivity index (χ2n) is 5.19. The summed E-state index contributed by atoms with van der Waals surface area (Å²) in [6.07, 6.45) is 4.95. The van der Waals surface area contributed by atoms with Crippen molar-refractivity contribution in [3.63, 3.8) is 0 Å². The van der Waals surface area contributed by atoms with Crippen molar-refractivity contribution in [2.24, 2.45) is 4.99 Å². The van der Waals surface area contributed by atoms with Crippen LogP contribution in [-0.4, -0.2) is 32.3 Å². The van der Waals surface area contributed by atoms with Crippen molar-refractivity contribution < 1.29 is 0 Å². The van der Waals surface area contributed by atoms with Crippen LogP contribution in [0.25, 0.3) is 5.57 Å². The van der Waals surface area contributed by atoms with Crippen LogP contribution < -0.4 is 10.6 Å². The Hall–Kier alpha value is -2.99. The molecule has 2 aromatic heterocycles. The van der Waals surface area contributed by atoms with E-state index in [0.29, 0.717) is 40.6 Å². The first-order valence-corrected chi connectivity index (χ1v) is 8.31. The molecule has 3 rings (SSSR count). The van der Waals surface area contributed by atoms with Crippen LogP contribution in [0.5, 0.6) is 0 Å². The normalized spacial score (nSPS) is 17.3. The molecule has 0 unspecified atom stereocenters. The lowest BCUT2D eigenvalue weighted by atomic mass is 10.1. The third kappa shape index (κ3) is 4.10. The van der Waals surface area contributed by atoms with E-state index in [-0.39, 0.29) is 0 Å². The van der Waals surface area contributed by atoms with Gasteiger partial charge in [-0.1, -0.05) is 6.07 Å². The van der Waals surface area contributed by atoms with Gasteiger partial charge in [0.1, 0.15) is 28.9 Å². The average Bonchev–Trinajstić information content (AvgIpc) is 3.12. The molecule has 3 heterocycles. The molecular formula is C16H15BrN8. The minimum atomic E-state index is 0.459. The maximum atomic E-state index is 9.62. The van der Waals surface area contributed by atoms with E-state index >= 15 is 0 Å². The first kappa shape index (κ1) is 16.9. The Morgan fingerprint density at radius 2 is 2.32 bits per heavy atom. The summed E-state index contributed by atoms with van der Waals surface area (Å²) in [7, 11) is 0. The minimum Gasteiger partial charge on any atom is -0.332 e. The van der Waals surface area contributed by atoms with E-state index in [4.69, 9.17) is 0 Å². The van der Waals surface area contributed by atoms with Gasteiger partial charge in [-0.2, -0.15) is 10.4 Å². The van der Waals surface area contributed by atoms with Gasteiger partial charge in [0.05, 0.1) is 24.5 Å². The van der Waals surface area contributed by atoms with Gasteiger partial charge in [-0.3, -0.25) is 9.67 Å². The Kier molecular flexibility index (Phi) is 5.20. The van der Waals surface area contributed by atoms with Gasteiger partial charge < -0.3 is 10.6 Å². The summed E-state index contributed by atoms with van der Waals surface area (Å²) in [6, 6.07) is 7.70. The smallest absolute Gasteiger partial charge is 0.199 e. The maximum absolute atomic E-state index is 9.62. The van der Waals surface area contributed by atoms with Crippen LogP contribution in [-0.2, 0) is 6.54 Å². The number of allylic oxidation sites excluding steroid dienone is 2. The molecule has 0 radical (unpaired) electrons. The monoisotopic (exact) mass is 398 g/mol. The molecule has 8 nitrogen and oxygen atoms in total. The van der Waals surface area contributed by atoms with Crippen molar-refractivity contribution in [3.8, 4) is 6.07 Å². The van der Waals surface area contributed by atoms with Crippen molar-refractivity contribution in [1.29, 1.82) is 5.26 Å². The van der Waals surface area contributed by atoms with Gasteiger partial charge in [0.15, 0.2) is 5.96 Å². The Morgan fingerprint density at radius 3 is 3.04 bits per heavy atom. The van der Waals surface area contributed by atoms with Crippen LogP contribution in [0, 0.1) is 11.3 Å². The fourth-order valence-corrected chi connectivity index (χ4v) is 2.59. The minimum absolute atomic E-state index is 0.459. The number of nitrogens with zero attached hydrogens (tertiary/aromatic N) is 6. The summed E-state index contributed by atoms with van der Waals surface area (Å²) in [5.41, 5.74) is 2.64. The van der Waals surface area contributed by atoms with Crippen LogP contribution in [0.1, 0.15) is 12.6 Å². The van der Waals surface area contributed by atoms with Crippen LogP contribution in [0.3, 0.4) is 0 Å². The van der Waals surface area contributed by atoms with Crippen molar-refractivity contribution in [2.45, 2.75) is 13.5 Å². The first-order valence-electron chi connectivity index (χ1n) is 7.52. The van der Waals surface area contributed by atoms with Gasteiger partial charge >= 0.3 is 0 Å². The number of halogens is 1.